The Balaban J connectivity index is 1.64. The molecule has 2 aromatic rings. The van der Waals surface area contributed by atoms with Crippen LogP contribution in [0.2, 0.25) is 0 Å². The van der Waals surface area contributed by atoms with Gasteiger partial charge in [-0.3, -0.25) is 4.79 Å². The van der Waals surface area contributed by atoms with Crippen LogP contribution < -0.4 is 0 Å². The summed E-state index contributed by atoms with van der Waals surface area (Å²) in [6.45, 7) is 2.13. The highest BCUT2D eigenvalue weighted by Gasteiger charge is 2.33. The third-order valence-corrected chi connectivity index (χ3v) is 6.97. The molecule has 0 aromatic heterocycles. The number of nitrogens with zero attached hydrogens (tertiary/aromatic N) is 2. The minimum Gasteiger partial charge on any atom is -0.340 e. The first-order valence-corrected chi connectivity index (χ1v) is 10.6. The van der Waals surface area contributed by atoms with Crippen molar-refractivity contribution in [1.82, 2.24) is 9.21 Å². The van der Waals surface area contributed by atoms with Gasteiger partial charge in [0.05, 0.1) is 0 Å². The number of sulfonamides is 1. The average molecular weight is 426 g/mol. The maximum absolute atomic E-state index is 13.9. The lowest BCUT2D eigenvalue weighted by molar-refractivity contribution is -0.132. The normalized spacial score (nSPS) is 16.6. The van der Waals surface area contributed by atoms with E-state index in [9.17, 15) is 26.4 Å². The molecule has 0 spiro atoms. The maximum atomic E-state index is 13.9. The number of halogens is 3. The number of hydrogen-bond donors (Lipinski definition) is 0. The van der Waals surface area contributed by atoms with Gasteiger partial charge < -0.3 is 4.90 Å². The molecule has 5 nitrogen and oxygen atoms in total. The molecule has 0 radical (unpaired) electrons. The van der Waals surface area contributed by atoms with Crippen LogP contribution in [-0.4, -0.2) is 49.7 Å². The van der Waals surface area contributed by atoms with E-state index in [1.807, 2.05) is 37.3 Å². The Morgan fingerprint density at radius 2 is 1.59 bits per heavy atom. The van der Waals surface area contributed by atoms with E-state index in [2.05, 4.69) is 0 Å². The van der Waals surface area contributed by atoms with Crippen molar-refractivity contribution in [3.05, 3.63) is 65.5 Å². The average Bonchev–Trinajstić information content (AvgIpc) is 2.72. The van der Waals surface area contributed by atoms with Crippen molar-refractivity contribution in [2.75, 3.05) is 26.2 Å². The van der Waals surface area contributed by atoms with Crippen LogP contribution in [0.1, 0.15) is 24.8 Å². The first kappa shape index (κ1) is 21.3. The predicted octanol–water partition coefficient (Wildman–Crippen LogP) is 3.13. The van der Waals surface area contributed by atoms with Gasteiger partial charge in [0, 0.05) is 32.6 Å². The van der Waals surface area contributed by atoms with Gasteiger partial charge in [-0.05, 0) is 23.6 Å². The number of rotatable bonds is 5. The molecule has 9 heteroatoms. The van der Waals surface area contributed by atoms with Crippen molar-refractivity contribution in [3.63, 3.8) is 0 Å². The van der Waals surface area contributed by atoms with Crippen LogP contribution in [0.25, 0.3) is 0 Å². The highest BCUT2D eigenvalue weighted by atomic mass is 32.2. The van der Waals surface area contributed by atoms with Gasteiger partial charge in [0.2, 0.25) is 15.9 Å². The van der Waals surface area contributed by atoms with E-state index in [4.69, 9.17) is 0 Å². The molecule has 1 fully saturated rings. The molecule has 3 rings (SSSR count). The van der Waals surface area contributed by atoms with Crippen LogP contribution in [0.15, 0.2) is 47.4 Å². The van der Waals surface area contributed by atoms with Gasteiger partial charge in [0.1, 0.15) is 4.90 Å². The summed E-state index contributed by atoms with van der Waals surface area (Å²) in [5.41, 5.74) is 1.04. The van der Waals surface area contributed by atoms with Crippen molar-refractivity contribution in [2.45, 2.75) is 24.2 Å². The molecule has 0 aliphatic carbocycles. The summed E-state index contributed by atoms with van der Waals surface area (Å²) in [5.74, 6) is -5.10. The fourth-order valence-electron chi connectivity index (χ4n) is 3.31. The van der Waals surface area contributed by atoms with Gasteiger partial charge in [0.25, 0.3) is 0 Å². The SMILES string of the molecule is CC(CC(=O)N1CCN(S(=O)(=O)c2ccc(F)c(F)c2F)CC1)c1ccccc1. The first-order chi connectivity index (χ1) is 13.7. The summed E-state index contributed by atoms with van der Waals surface area (Å²) < 4.78 is 66.6. The molecule has 156 valence electrons. The molecule has 0 saturated carbocycles. The fraction of sp³-hybridized carbons (Fsp3) is 0.350. The van der Waals surface area contributed by atoms with E-state index in [0.717, 1.165) is 9.87 Å². The number of benzene rings is 2. The van der Waals surface area contributed by atoms with Crippen LogP contribution in [0.4, 0.5) is 13.2 Å². The number of piperazine rings is 1. The van der Waals surface area contributed by atoms with Crippen LogP contribution >= 0.6 is 0 Å². The van der Waals surface area contributed by atoms with E-state index >= 15 is 0 Å². The number of hydrogen-bond acceptors (Lipinski definition) is 3. The monoisotopic (exact) mass is 426 g/mol. The van der Waals surface area contributed by atoms with Gasteiger partial charge in [0.15, 0.2) is 17.5 Å². The molecular formula is C20H21F3N2O3S. The number of carbonyl (C=O) groups is 1. The van der Waals surface area contributed by atoms with Gasteiger partial charge >= 0.3 is 0 Å². The number of carbonyl (C=O) groups excluding carboxylic acids is 1. The molecule has 1 aliphatic heterocycles. The van der Waals surface area contributed by atoms with Crippen molar-refractivity contribution >= 4 is 15.9 Å². The molecule has 1 atom stereocenters. The zero-order valence-electron chi connectivity index (χ0n) is 15.8. The van der Waals surface area contributed by atoms with E-state index in [-0.39, 0.29) is 44.4 Å². The summed E-state index contributed by atoms with van der Waals surface area (Å²) >= 11 is 0. The Morgan fingerprint density at radius 1 is 0.966 bits per heavy atom. The van der Waals surface area contributed by atoms with Gasteiger partial charge in [-0.25, -0.2) is 21.6 Å². The summed E-state index contributed by atoms with van der Waals surface area (Å²) in [7, 11) is -4.33. The molecule has 2 aromatic carbocycles. The van der Waals surface area contributed by atoms with Crippen molar-refractivity contribution < 1.29 is 26.4 Å². The summed E-state index contributed by atoms with van der Waals surface area (Å²) in [4.78, 5) is 13.2. The van der Waals surface area contributed by atoms with Crippen LogP contribution in [0.5, 0.6) is 0 Å². The molecule has 1 heterocycles. The Bertz CT molecular complexity index is 992. The molecule has 1 unspecified atom stereocenters. The van der Waals surface area contributed by atoms with Crippen molar-refractivity contribution in [2.24, 2.45) is 0 Å². The topological polar surface area (TPSA) is 57.7 Å². The maximum Gasteiger partial charge on any atom is 0.246 e. The van der Waals surface area contributed by atoms with Crippen LogP contribution in [0.3, 0.4) is 0 Å². The van der Waals surface area contributed by atoms with E-state index in [1.165, 1.54) is 0 Å². The minimum atomic E-state index is -4.33. The third kappa shape index (κ3) is 4.45. The second-order valence-corrected chi connectivity index (χ2v) is 8.88. The lowest BCUT2D eigenvalue weighted by Crippen LogP contribution is -2.50. The fourth-order valence-corrected chi connectivity index (χ4v) is 4.79. The quantitative estimate of drug-likeness (QED) is 0.691. The van der Waals surface area contributed by atoms with Crippen molar-refractivity contribution in [3.8, 4) is 0 Å². The lowest BCUT2D eigenvalue weighted by atomic mass is 9.97. The molecule has 1 aliphatic rings. The van der Waals surface area contributed by atoms with Crippen LogP contribution in [-0.2, 0) is 14.8 Å². The molecule has 0 bridgehead atoms. The van der Waals surface area contributed by atoms with Crippen LogP contribution in [0, 0.1) is 17.5 Å². The Hall–Kier alpha value is -2.39. The Kier molecular flexibility index (Phi) is 6.28. The van der Waals surface area contributed by atoms with E-state index < -0.39 is 32.4 Å². The second kappa shape index (κ2) is 8.54. The predicted molar refractivity (Wildman–Crippen MR) is 101 cm³/mol. The minimum absolute atomic E-state index is 0.0155. The molecule has 29 heavy (non-hydrogen) atoms. The van der Waals surface area contributed by atoms with Gasteiger partial charge in [-0.15, -0.1) is 0 Å². The first-order valence-electron chi connectivity index (χ1n) is 9.18. The molecule has 0 N–H and O–H groups in total. The Morgan fingerprint density at radius 3 is 2.21 bits per heavy atom. The van der Waals surface area contributed by atoms with E-state index in [1.54, 1.807) is 4.90 Å². The zero-order valence-corrected chi connectivity index (χ0v) is 16.6. The molecular weight excluding hydrogens is 405 g/mol. The number of amides is 1. The third-order valence-electron chi connectivity index (χ3n) is 5.06. The van der Waals surface area contributed by atoms with E-state index in [0.29, 0.717) is 12.1 Å². The van der Waals surface area contributed by atoms with Crippen molar-refractivity contribution in [1.29, 1.82) is 0 Å². The largest absolute Gasteiger partial charge is 0.340 e. The smallest absolute Gasteiger partial charge is 0.246 e. The summed E-state index contributed by atoms with van der Waals surface area (Å²) in [6.07, 6.45) is 0.286. The van der Waals surface area contributed by atoms with Gasteiger partial charge in [-0.1, -0.05) is 37.3 Å². The lowest BCUT2D eigenvalue weighted by Gasteiger charge is -2.34. The summed E-state index contributed by atoms with van der Waals surface area (Å²) in [5, 5.41) is 0. The summed E-state index contributed by atoms with van der Waals surface area (Å²) in [6, 6.07) is 10.9. The Labute approximate surface area is 167 Å². The molecule has 1 saturated heterocycles. The second-order valence-electron chi connectivity index (χ2n) is 6.97. The highest BCUT2D eigenvalue weighted by molar-refractivity contribution is 7.89. The standard InChI is InChI=1S/C20H21F3N2O3S/c1-14(15-5-3-2-4-6-15)13-18(26)24-9-11-25(12-10-24)29(27,28)17-8-7-16(21)19(22)20(17)23/h2-8,14H,9-13H2,1H3. The van der Waals surface area contributed by atoms with Gasteiger partial charge in [-0.2, -0.15) is 4.31 Å². The molecule has 1 amide bonds. The highest BCUT2D eigenvalue weighted by Crippen LogP contribution is 2.25. The zero-order chi connectivity index (χ0) is 21.2.